The van der Waals surface area contributed by atoms with Crippen LogP contribution in [0.15, 0.2) is 36.4 Å². The lowest BCUT2D eigenvalue weighted by Gasteiger charge is -2.29. The Hall–Kier alpha value is -2.77. The fraction of sp³-hybridized carbons (Fsp3) is 0.409. The van der Waals surface area contributed by atoms with Crippen LogP contribution in [0, 0.1) is 0 Å². The predicted octanol–water partition coefficient (Wildman–Crippen LogP) is 3.01. The summed E-state index contributed by atoms with van der Waals surface area (Å²) in [6.45, 7) is 4.25. The molecule has 2 aromatic carbocycles. The van der Waals surface area contributed by atoms with E-state index < -0.39 is 6.10 Å². The monoisotopic (exact) mass is 402 g/mol. The van der Waals surface area contributed by atoms with E-state index >= 15 is 0 Å². The average molecular weight is 402 g/mol. The number of anilines is 1. The Labute approximate surface area is 171 Å². The molecule has 0 aromatic heterocycles. The second-order valence-electron chi connectivity index (χ2n) is 7.55. The van der Waals surface area contributed by atoms with Gasteiger partial charge in [0, 0.05) is 23.7 Å². The summed E-state index contributed by atoms with van der Waals surface area (Å²) < 4.78 is 10.7. The van der Waals surface area contributed by atoms with Gasteiger partial charge in [-0.25, -0.2) is 0 Å². The Balaban J connectivity index is 0.00000300. The van der Waals surface area contributed by atoms with Crippen molar-refractivity contribution in [3.8, 4) is 17.2 Å². The Morgan fingerprint density at radius 3 is 2.62 bits per heavy atom. The van der Waals surface area contributed by atoms with Gasteiger partial charge in [0.05, 0.1) is 18.9 Å². The number of β-amino-alcohol motifs (C(OH)–C–C–N with tert-alkyl or cyclic N) is 1. The SMILES string of the molecule is C.COc1ccc(CC(C)(C)NC[C@H](O)c2cc(O)cc3c2OCC(=O)N3)cc1. The molecule has 1 aliphatic heterocycles. The van der Waals surface area contributed by atoms with Crippen molar-refractivity contribution < 1.29 is 24.5 Å². The number of methoxy groups -OCH3 is 1. The van der Waals surface area contributed by atoms with Gasteiger partial charge in [0.2, 0.25) is 0 Å². The van der Waals surface area contributed by atoms with E-state index in [0.717, 1.165) is 17.7 Å². The van der Waals surface area contributed by atoms with Crippen LogP contribution in [0.5, 0.6) is 17.2 Å². The van der Waals surface area contributed by atoms with E-state index in [-0.39, 0.29) is 37.8 Å². The molecule has 0 bridgehead atoms. The number of phenols is 1. The van der Waals surface area contributed by atoms with E-state index in [2.05, 4.69) is 24.5 Å². The maximum Gasteiger partial charge on any atom is 0.262 e. The van der Waals surface area contributed by atoms with Gasteiger partial charge < -0.3 is 30.3 Å². The van der Waals surface area contributed by atoms with Crippen molar-refractivity contribution in [2.24, 2.45) is 0 Å². The number of aliphatic hydroxyl groups is 1. The first-order valence-electron chi connectivity index (χ1n) is 9.13. The highest BCUT2D eigenvalue weighted by atomic mass is 16.5. The lowest BCUT2D eigenvalue weighted by molar-refractivity contribution is -0.118. The Morgan fingerprint density at radius 1 is 1.28 bits per heavy atom. The highest BCUT2D eigenvalue weighted by Gasteiger charge is 2.26. The van der Waals surface area contributed by atoms with Gasteiger partial charge in [0.25, 0.3) is 5.91 Å². The van der Waals surface area contributed by atoms with Gasteiger partial charge in [-0.1, -0.05) is 19.6 Å². The van der Waals surface area contributed by atoms with Gasteiger partial charge in [-0.05, 0) is 44.0 Å². The molecule has 1 atom stereocenters. The van der Waals surface area contributed by atoms with Crippen molar-refractivity contribution in [1.82, 2.24) is 5.32 Å². The third-order valence-corrected chi connectivity index (χ3v) is 4.66. The minimum atomic E-state index is -0.911. The smallest absolute Gasteiger partial charge is 0.262 e. The van der Waals surface area contributed by atoms with E-state index in [0.29, 0.717) is 17.0 Å². The molecule has 0 fully saturated rings. The highest BCUT2D eigenvalue weighted by Crippen LogP contribution is 2.38. The lowest BCUT2D eigenvalue weighted by Crippen LogP contribution is -2.43. The number of aromatic hydroxyl groups is 1. The van der Waals surface area contributed by atoms with Crippen molar-refractivity contribution >= 4 is 11.6 Å². The molecule has 2 aromatic rings. The van der Waals surface area contributed by atoms with E-state index in [4.69, 9.17) is 9.47 Å². The maximum absolute atomic E-state index is 11.5. The second-order valence-corrected chi connectivity index (χ2v) is 7.55. The number of nitrogens with one attached hydrogen (secondary N) is 2. The summed E-state index contributed by atoms with van der Waals surface area (Å²) in [7, 11) is 1.64. The molecule has 29 heavy (non-hydrogen) atoms. The standard InChI is InChI=1S/C21H26N2O5.CH4/c1-21(2,10-13-4-6-15(27-3)7-5-13)22-11-18(25)16-8-14(24)9-17-20(16)28-12-19(26)23-17;/h4-9,18,22,24-25H,10-12H2,1-3H3,(H,23,26);1H4/t18-;/m0./s1. The van der Waals surface area contributed by atoms with Gasteiger partial charge in [-0.15, -0.1) is 0 Å². The number of hydrogen-bond donors (Lipinski definition) is 4. The van der Waals surface area contributed by atoms with E-state index in [1.165, 1.54) is 12.1 Å². The molecule has 0 spiro atoms. The largest absolute Gasteiger partial charge is 0.508 e. The minimum Gasteiger partial charge on any atom is -0.508 e. The van der Waals surface area contributed by atoms with E-state index in [1.807, 2.05) is 24.3 Å². The minimum absolute atomic E-state index is 0. The van der Waals surface area contributed by atoms with Crippen LogP contribution < -0.4 is 20.1 Å². The van der Waals surface area contributed by atoms with Crippen molar-refractivity contribution in [3.05, 3.63) is 47.5 Å². The first kappa shape index (κ1) is 22.5. The molecule has 1 aliphatic rings. The summed E-state index contributed by atoms with van der Waals surface area (Å²) in [4.78, 5) is 11.5. The second kappa shape index (κ2) is 9.15. The summed E-state index contributed by atoms with van der Waals surface area (Å²) in [5.74, 6) is 0.860. The molecule has 0 saturated carbocycles. The fourth-order valence-electron chi connectivity index (χ4n) is 3.26. The highest BCUT2D eigenvalue weighted by molar-refractivity contribution is 5.96. The summed E-state index contributed by atoms with van der Waals surface area (Å²) >= 11 is 0. The normalized spacial score (nSPS) is 14.1. The van der Waals surface area contributed by atoms with E-state index in [9.17, 15) is 15.0 Å². The quantitative estimate of drug-likeness (QED) is 0.568. The van der Waals surface area contributed by atoms with Crippen LogP contribution in [0.1, 0.15) is 38.5 Å². The third-order valence-electron chi connectivity index (χ3n) is 4.66. The van der Waals surface area contributed by atoms with Crippen LogP contribution >= 0.6 is 0 Å². The van der Waals surface area contributed by atoms with Gasteiger partial charge in [-0.2, -0.15) is 0 Å². The number of phenolic OH excluding ortho intramolecular Hbond substituents is 1. The first-order chi connectivity index (χ1) is 13.3. The lowest BCUT2D eigenvalue weighted by atomic mass is 9.94. The molecule has 1 heterocycles. The molecule has 7 heteroatoms. The molecule has 1 amide bonds. The predicted molar refractivity (Wildman–Crippen MR) is 113 cm³/mol. The van der Waals surface area contributed by atoms with Crippen molar-refractivity contribution in [1.29, 1.82) is 0 Å². The Morgan fingerprint density at radius 2 is 1.97 bits per heavy atom. The Kier molecular flexibility index (Phi) is 7.11. The van der Waals surface area contributed by atoms with Crippen molar-refractivity contribution in [2.75, 3.05) is 25.6 Å². The number of hydrogen-bond acceptors (Lipinski definition) is 6. The number of carbonyl (C=O) groups is 1. The number of amides is 1. The van der Waals surface area contributed by atoms with Crippen LogP contribution in [-0.4, -0.2) is 41.9 Å². The van der Waals surface area contributed by atoms with Gasteiger partial charge >= 0.3 is 0 Å². The zero-order valence-corrected chi connectivity index (χ0v) is 16.3. The average Bonchev–Trinajstić information content (AvgIpc) is 2.65. The van der Waals surface area contributed by atoms with Gasteiger partial charge in [0.15, 0.2) is 6.61 Å². The van der Waals surface area contributed by atoms with Gasteiger partial charge in [-0.3, -0.25) is 4.79 Å². The molecule has 3 rings (SSSR count). The molecule has 0 radical (unpaired) electrons. The van der Waals surface area contributed by atoms with Crippen LogP contribution in [0.3, 0.4) is 0 Å². The number of carbonyl (C=O) groups excluding carboxylic acids is 1. The third kappa shape index (κ3) is 5.62. The number of rotatable bonds is 7. The van der Waals surface area contributed by atoms with Crippen LogP contribution in [0.25, 0.3) is 0 Å². The first-order valence-corrected chi connectivity index (χ1v) is 9.13. The number of benzene rings is 2. The van der Waals surface area contributed by atoms with Gasteiger partial charge in [0.1, 0.15) is 17.2 Å². The molecular formula is C22H30N2O5. The Bertz CT molecular complexity index is 849. The van der Waals surface area contributed by atoms with Crippen molar-refractivity contribution in [3.63, 3.8) is 0 Å². The van der Waals surface area contributed by atoms with E-state index in [1.54, 1.807) is 7.11 Å². The summed E-state index contributed by atoms with van der Waals surface area (Å²) in [6.07, 6.45) is -0.153. The molecule has 158 valence electrons. The molecule has 0 saturated heterocycles. The van der Waals surface area contributed by atoms with Crippen LogP contribution in [0.4, 0.5) is 5.69 Å². The van der Waals surface area contributed by atoms with Crippen molar-refractivity contribution in [2.45, 2.75) is 39.3 Å². The molecule has 0 aliphatic carbocycles. The molecular weight excluding hydrogens is 372 g/mol. The number of aliphatic hydroxyl groups excluding tert-OH is 1. The molecule has 7 nitrogen and oxygen atoms in total. The maximum atomic E-state index is 11.5. The topological polar surface area (TPSA) is 100 Å². The number of fused-ring (bicyclic) bond motifs is 1. The zero-order chi connectivity index (χ0) is 20.3. The fourth-order valence-corrected chi connectivity index (χ4v) is 3.26. The molecule has 4 N–H and O–H groups in total. The summed E-state index contributed by atoms with van der Waals surface area (Å²) in [5.41, 5.74) is 1.67. The summed E-state index contributed by atoms with van der Waals surface area (Å²) in [6, 6.07) is 10.7. The molecule has 0 unspecified atom stereocenters. The number of ether oxygens (including phenoxy) is 2. The summed E-state index contributed by atoms with van der Waals surface area (Å²) in [5, 5.41) is 26.6. The zero-order valence-electron chi connectivity index (χ0n) is 16.3. The van der Waals surface area contributed by atoms with Crippen LogP contribution in [-0.2, 0) is 11.2 Å². The van der Waals surface area contributed by atoms with Crippen LogP contribution in [0.2, 0.25) is 0 Å².